The van der Waals surface area contributed by atoms with Crippen molar-refractivity contribution in [2.24, 2.45) is 0 Å². The summed E-state index contributed by atoms with van der Waals surface area (Å²) in [6.07, 6.45) is 6.41. The van der Waals surface area contributed by atoms with E-state index in [1.54, 1.807) is 18.5 Å². The lowest BCUT2D eigenvalue weighted by Gasteiger charge is -2.11. The number of pyridine rings is 1. The minimum atomic E-state index is -0.210. The molecular formula is C17H15N3O2. The highest BCUT2D eigenvalue weighted by atomic mass is 16.3. The molecule has 3 rings (SSSR count). The van der Waals surface area contributed by atoms with Gasteiger partial charge in [0.25, 0.3) is 0 Å². The molecule has 1 N–H and O–H groups in total. The topological polar surface area (TPSA) is 68.0 Å². The van der Waals surface area contributed by atoms with Gasteiger partial charge in [-0.3, -0.25) is 9.78 Å². The molecule has 0 aliphatic carbocycles. The van der Waals surface area contributed by atoms with E-state index in [2.05, 4.69) is 15.3 Å². The van der Waals surface area contributed by atoms with Crippen LogP contribution in [-0.4, -0.2) is 15.9 Å². The fraction of sp³-hybridized carbons (Fsp3) is 0.118. The van der Waals surface area contributed by atoms with Crippen LogP contribution in [0.15, 0.2) is 59.3 Å². The van der Waals surface area contributed by atoms with Gasteiger partial charge in [0.15, 0.2) is 5.58 Å². The average Bonchev–Trinajstić information content (AvgIpc) is 2.96. The summed E-state index contributed by atoms with van der Waals surface area (Å²) in [6, 6.07) is 11.1. The molecule has 110 valence electrons. The first-order chi connectivity index (χ1) is 10.7. The molecule has 5 heteroatoms. The highest BCUT2D eigenvalue weighted by molar-refractivity contribution is 5.91. The fourth-order valence-corrected chi connectivity index (χ4v) is 2.09. The van der Waals surface area contributed by atoms with Crippen molar-refractivity contribution < 1.29 is 9.21 Å². The van der Waals surface area contributed by atoms with E-state index < -0.39 is 0 Å². The van der Waals surface area contributed by atoms with Gasteiger partial charge in [0, 0.05) is 24.5 Å². The Balaban J connectivity index is 1.66. The first-order valence-electron chi connectivity index (χ1n) is 6.96. The molecule has 0 bridgehead atoms. The molecule has 0 aliphatic heterocycles. The predicted octanol–water partition coefficient (Wildman–Crippen LogP) is 3.11. The Kier molecular flexibility index (Phi) is 3.96. The summed E-state index contributed by atoms with van der Waals surface area (Å²) in [4.78, 5) is 20.2. The van der Waals surface area contributed by atoms with Crippen LogP contribution in [0.5, 0.6) is 0 Å². The van der Waals surface area contributed by atoms with Crippen LogP contribution in [0.4, 0.5) is 0 Å². The molecule has 2 aromatic heterocycles. The van der Waals surface area contributed by atoms with Gasteiger partial charge in [-0.1, -0.05) is 18.2 Å². The van der Waals surface area contributed by atoms with E-state index in [9.17, 15) is 4.79 Å². The van der Waals surface area contributed by atoms with E-state index in [4.69, 9.17) is 4.42 Å². The normalized spacial score (nSPS) is 12.6. The maximum absolute atomic E-state index is 11.9. The SMILES string of the molecule is CC(NC(=O)/C=C/c1nc2ccccc2o1)c1cccnc1. The van der Waals surface area contributed by atoms with Crippen molar-refractivity contribution in [3.05, 3.63) is 66.3 Å². The van der Waals surface area contributed by atoms with Gasteiger partial charge in [-0.05, 0) is 30.7 Å². The van der Waals surface area contributed by atoms with Gasteiger partial charge in [0.1, 0.15) is 5.52 Å². The van der Waals surface area contributed by atoms with Crippen LogP contribution in [0.2, 0.25) is 0 Å². The number of nitrogens with zero attached hydrogens (tertiary/aromatic N) is 2. The Hall–Kier alpha value is -2.95. The third-order valence-corrected chi connectivity index (χ3v) is 3.23. The smallest absolute Gasteiger partial charge is 0.244 e. The monoisotopic (exact) mass is 293 g/mol. The molecule has 0 fully saturated rings. The zero-order chi connectivity index (χ0) is 15.4. The zero-order valence-electron chi connectivity index (χ0n) is 12.1. The Morgan fingerprint density at radius 2 is 2.14 bits per heavy atom. The summed E-state index contributed by atoms with van der Waals surface area (Å²) in [5.74, 6) is 0.198. The van der Waals surface area contributed by atoms with E-state index in [1.165, 1.54) is 6.08 Å². The Bertz CT molecular complexity index is 776. The van der Waals surface area contributed by atoms with Crippen LogP contribution in [0, 0.1) is 0 Å². The lowest BCUT2D eigenvalue weighted by molar-refractivity contribution is -0.117. The van der Waals surface area contributed by atoms with Gasteiger partial charge in [-0.15, -0.1) is 0 Å². The molecule has 22 heavy (non-hydrogen) atoms. The maximum atomic E-state index is 11.9. The largest absolute Gasteiger partial charge is 0.437 e. The van der Waals surface area contributed by atoms with Gasteiger partial charge in [0.05, 0.1) is 6.04 Å². The first kappa shape index (κ1) is 14.0. The van der Waals surface area contributed by atoms with E-state index in [1.807, 2.05) is 43.3 Å². The molecule has 1 atom stereocenters. The molecule has 0 aliphatic rings. The van der Waals surface area contributed by atoms with E-state index in [-0.39, 0.29) is 11.9 Å². The fourth-order valence-electron chi connectivity index (χ4n) is 2.09. The van der Waals surface area contributed by atoms with Gasteiger partial charge >= 0.3 is 0 Å². The number of oxazole rings is 1. The number of rotatable bonds is 4. The number of hydrogen-bond acceptors (Lipinski definition) is 4. The van der Waals surface area contributed by atoms with Crippen LogP contribution in [0.25, 0.3) is 17.2 Å². The van der Waals surface area contributed by atoms with Crippen molar-refractivity contribution in [2.45, 2.75) is 13.0 Å². The number of amides is 1. The number of benzene rings is 1. The van der Waals surface area contributed by atoms with Gasteiger partial charge in [-0.2, -0.15) is 0 Å². The Morgan fingerprint density at radius 1 is 1.27 bits per heavy atom. The molecule has 3 aromatic rings. The Labute approximate surface area is 127 Å². The van der Waals surface area contributed by atoms with E-state index >= 15 is 0 Å². The van der Waals surface area contributed by atoms with Crippen LogP contribution in [0.3, 0.4) is 0 Å². The molecule has 1 amide bonds. The molecule has 0 saturated carbocycles. The number of aromatic nitrogens is 2. The van der Waals surface area contributed by atoms with Gasteiger partial charge < -0.3 is 9.73 Å². The minimum Gasteiger partial charge on any atom is -0.437 e. The van der Waals surface area contributed by atoms with Crippen LogP contribution >= 0.6 is 0 Å². The number of nitrogens with one attached hydrogen (secondary N) is 1. The number of hydrogen-bond donors (Lipinski definition) is 1. The van der Waals surface area contributed by atoms with Crippen LogP contribution in [0.1, 0.15) is 24.4 Å². The van der Waals surface area contributed by atoms with Crippen molar-refractivity contribution in [3.63, 3.8) is 0 Å². The second-order valence-electron chi connectivity index (χ2n) is 4.87. The van der Waals surface area contributed by atoms with Gasteiger partial charge in [-0.25, -0.2) is 4.98 Å². The minimum absolute atomic E-state index is 0.116. The summed E-state index contributed by atoms with van der Waals surface area (Å²) in [7, 11) is 0. The van der Waals surface area contributed by atoms with Crippen molar-refractivity contribution in [1.29, 1.82) is 0 Å². The molecule has 5 nitrogen and oxygen atoms in total. The lowest BCUT2D eigenvalue weighted by Crippen LogP contribution is -2.24. The van der Waals surface area contributed by atoms with E-state index in [0.717, 1.165) is 11.1 Å². The molecule has 1 aromatic carbocycles. The van der Waals surface area contributed by atoms with Crippen molar-refractivity contribution in [3.8, 4) is 0 Å². The lowest BCUT2D eigenvalue weighted by atomic mass is 10.1. The number of carbonyl (C=O) groups is 1. The van der Waals surface area contributed by atoms with Crippen molar-refractivity contribution in [2.75, 3.05) is 0 Å². The zero-order valence-corrected chi connectivity index (χ0v) is 12.1. The number of carbonyl (C=O) groups excluding carboxylic acids is 1. The third-order valence-electron chi connectivity index (χ3n) is 3.23. The molecule has 1 unspecified atom stereocenters. The van der Waals surface area contributed by atoms with Crippen LogP contribution < -0.4 is 5.32 Å². The van der Waals surface area contributed by atoms with Crippen molar-refractivity contribution in [1.82, 2.24) is 15.3 Å². The van der Waals surface area contributed by atoms with Crippen molar-refractivity contribution >= 4 is 23.1 Å². The predicted molar refractivity (Wildman–Crippen MR) is 83.8 cm³/mol. The first-order valence-corrected chi connectivity index (χ1v) is 6.96. The molecule has 0 radical (unpaired) electrons. The van der Waals surface area contributed by atoms with Crippen LogP contribution in [-0.2, 0) is 4.79 Å². The van der Waals surface area contributed by atoms with E-state index in [0.29, 0.717) is 11.5 Å². The second-order valence-corrected chi connectivity index (χ2v) is 4.87. The molecule has 0 saturated heterocycles. The summed E-state index contributed by atoms with van der Waals surface area (Å²) in [6.45, 7) is 1.90. The standard InChI is InChI=1S/C17H15N3O2/c1-12(13-5-4-10-18-11-13)19-16(21)8-9-17-20-14-6-2-3-7-15(14)22-17/h2-12H,1H3,(H,19,21)/b9-8+. The van der Waals surface area contributed by atoms with Gasteiger partial charge in [0.2, 0.25) is 11.8 Å². The average molecular weight is 293 g/mol. The summed E-state index contributed by atoms with van der Waals surface area (Å²) in [5, 5.41) is 2.86. The summed E-state index contributed by atoms with van der Waals surface area (Å²) in [5.41, 5.74) is 2.42. The molecule has 2 heterocycles. The highest BCUT2D eigenvalue weighted by Crippen LogP contribution is 2.15. The highest BCUT2D eigenvalue weighted by Gasteiger charge is 2.07. The molecular weight excluding hydrogens is 278 g/mol. The summed E-state index contributed by atoms with van der Waals surface area (Å²) >= 11 is 0. The quantitative estimate of drug-likeness (QED) is 0.750. The summed E-state index contributed by atoms with van der Waals surface area (Å²) < 4.78 is 5.52. The number of para-hydroxylation sites is 2. The number of fused-ring (bicyclic) bond motifs is 1. The third kappa shape index (κ3) is 3.20. The molecule has 0 spiro atoms. The maximum Gasteiger partial charge on any atom is 0.244 e. The Morgan fingerprint density at radius 3 is 2.91 bits per heavy atom. The second kappa shape index (κ2) is 6.22.